The number of hydrogen-bond acceptors (Lipinski definition) is 7. The van der Waals surface area contributed by atoms with Gasteiger partial charge in [-0.3, -0.25) is 14.6 Å². The Labute approximate surface area is 209 Å². The monoisotopic (exact) mass is 491 g/mol. The molecule has 0 bridgehead atoms. The van der Waals surface area contributed by atoms with Gasteiger partial charge in [0, 0.05) is 18.9 Å². The van der Waals surface area contributed by atoms with Crippen molar-refractivity contribution in [1.82, 2.24) is 14.9 Å². The number of aromatic nitrogens is 2. The molecule has 7 nitrogen and oxygen atoms in total. The second kappa shape index (κ2) is 10.8. The van der Waals surface area contributed by atoms with Crippen molar-refractivity contribution in [2.45, 2.75) is 52.6 Å². The molecule has 1 aliphatic heterocycles. The molecule has 1 aromatic carbocycles. The van der Waals surface area contributed by atoms with Crippen LogP contribution in [0.5, 0.6) is 5.75 Å². The Morgan fingerprint density at radius 2 is 1.94 bits per heavy atom. The fourth-order valence-electron chi connectivity index (χ4n) is 4.24. The summed E-state index contributed by atoms with van der Waals surface area (Å²) < 4.78 is 5.83. The number of benzene rings is 1. The number of carbonyl (C=O) groups is 2. The van der Waals surface area contributed by atoms with Gasteiger partial charge < -0.3 is 14.7 Å². The number of ketones is 1. The van der Waals surface area contributed by atoms with Crippen LogP contribution in [0.2, 0.25) is 0 Å². The van der Waals surface area contributed by atoms with Crippen LogP contribution in [-0.4, -0.2) is 38.3 Å². The first-order valence-corrected chi connectivity index (χ1v) is 12.6. The summed E-state index contributed by atoms with van der Waals surface area (Å²) in [5, 5.41) is 11.7. The summed E-state index contributed by atoms with van der Waals surface area (Å²) in [6.07, 6.45) is 6.54. The van der Waals surface area contributed by atoms with Crippen molar-refractivity contribution in [1.29, 1.82) is 0 Å². The molecule has 1 N–H and O–H groups in total. The number of hydrogen-bond donors (Lipinski definition) is 1. The summed E-state index contributed by atoms with van der Waals surface area (Å²) in [7, 11) is 0. The maximum atomic E-state index is 13.6. The van der Waals surface area contributed by atoms with Gasteiger partial charge in [0.15, 0.2) is 5.76 Å². The second-order valence-electron chi connectivity index (χ2n) is 8.56. The van der Waals surface area contributed by atoms with Crippen LogP contribution in [0.4, 0.5) is 0 Å². The number of aryl methyl sites for hydroxylation is 2. The van der Waals surface area contributed by atoms with Gasteiger partial charge in [0.05, 0.1) is 33.8 Å². The Balaban J connectivity index is 1.69. The zero-order valence-electron chi connectivity index (χ0n) is 20.2. The molecule has 35 heavy (non-hydrogen) atoms. The van der Waals surface area contributed by atoms with Gasteiger partial charge in [-0.25, -0.2) is 4.98 Å². The number of pyridine rings is 1. The number of ether oxygens (including phenoxy) is 1. The Morgan fingerprint density at radius 3 is 2.57 bits per heavy atom. The highest BCUT2D eigenvalue weighted by atomic mass is 32.1. The van der Waals surface area contributed by atoms with Crippen LogP contribution in [-0.2, 0) is 11.3 Å². The smallest absolute Gasteiger partial charge is 0.290 e. The number of rotatable bonds is 10. The summed E-state index contributed by atoms with van der Waals surface area (Å²) >= 11 is 1.26. The van der Waals surface area contributed by atoms with Crippen molar-refractivity contribution in [3.8, 4) is 5.75 Å². The summed E-state index contributed by atoms with van der Waals surface area (Å²) in [6, 6.07) is 10.3. The fourth-order valence-corrected chi connectivity index (χ4v) is 5.11. The lowest BCUT2D eigenvalue weighted by Crippen LogP contribution is -2.30. The fraction of sp³-hybridized carbons (Fsp3) is 0.333. The van der Waals surface area contributed by atoms with Crippen molar-refractivity contribution < 1.29 is 19.4 Å². The van der Waals surface area contributed by atoms with Gasteiger partial charge in [-0.05, 0) is 49.6 Å². The molecule has 182 valence electrons. The molecule has 1 amide bonds. The van der Waals surface area contributed by atoms with Gasteiger partial charge in [-0.1, -0.05) is 38.0 Å². The molecule has 8 heteroatoms. The van der Waals surface area contributed by atoms with E-state index >= 15 is 0 Å². The van der Waals surface area contributed by atoms with Gasteiger partial charge in [-0.2, -0.15) is 0 Å². The molecule has 1 aliphatic rings. The lowest BCUT2D eigenvalue weighted by Gasteiger charge is -2.27. The van der Waals surface area contributed by atoms with E-state index in [-0.39, 0.29) is 17.9 Å². The van der Waals surface area contributed by atoms with Crippen molar-refractivity contribution in [3.05, 3.63) is 86.8 Å². The molecule has 0 spiro atoms. The number of aliphatic hydroxyl groups excluding tert-OH is 1. The van der Waals surface area contributed by atoms with Crippen LogP contribution in [0, 0.1) is 13.8 Å². The quantitative estimate of drug-likeness (QED) is 0.297. The van der Waals surface area contributed by atoms with E-state index in [4.69, 9.17) is 4.74 Å². The Morgan fingerprint density at radius 1 is 1.17 bits per heavy atom. The third kappa shape index (κ3) is 5.27. The highest BCUT2D eigenvalue weighted by Crippen LogP contribution is 2.41. The van der Waals surface area contributed by atoms with E-state index in [1.807, 2.05) is 37.3 Å². The lowest BCUT2D eigenvalue weighted by atomic mass is 9.95. The molecule has 3 heterocycles. The molecule has 1 atom stereocenters. The first-order chi connectivity index (χ1) is 16.9. The molecule has 0 aliphatic carbocycles. The number of thiazole rings is 1. The largest absolute Gasteiger partial charge is 0.503 e. The molecule has 3 aromatic rings. The highest BCUT2D eigenvalue weighted by Gasteiger charge is 2.44. The lowest BCUT2D eigenvalue weighted by molar-refractivity contribution is -0.130. The first-order valence-electron chi connectivity index (χ1n) is 11.7. The molecule has 4 rings (SSSR count). The third-order valence-corrected chi connectivity index (χ3v) is 7.02. The van der Waals surface area contributed by atoms with Gasteiger partial charge in [0.2, 0.25) is 5.78 Å². The maximum Gasteiger partial charge on any atom is 0.290 e. The Hall–Kier alpha value is -3.52. The summed E-state index contributed by atoms with van der Waals surface area (Å²) in [4.78, 5) is 37.3. The predicted octanol–water partition coefficient (Wildman–Crippen LogP) is 5.50. The van der Waals surface area contributed by atoms with Gasteiger partial charge in [-0.15, -0.1) is 11.3 Å². The van der Waals surface area contributed by atoms with Gasteiger partial charge in [0.25, 0.3) is 5.91 Å². The van der Waals surface area contributed by atoms with E-state index in [0.29, 0.717) is 17.2 Å². The van der Waals surface area contributed by atoms with Crippen molar-refractivity contribution in [3.63, 3.8) is 0 Å². The van der Waals surface area contributed by atoms with E-state index in [2.05, 4.69) is 16.9 Å². The van der Waals surface area contributed by atoms with Gasteiger partial charge in [0.1, 0.15) is 5.75 Å². The van der Waals surface area contributed by atoms with Crippen LogP contribution in [0.25, 0.3) is 0 Å². The number of carbonyl (C=O) groups excluding carboxylic acids is 2. The first kappa shape index (κ1) is 24.6. The van der Waals surface area contributed by atoms with Crippen LogP contribution in [0.15, 0.2) is 60.1 Å². The summed E-state index contributed by atoms with van der Waals surface area (Å²) in [5.74, 6) is -0.754. The molecule has 0 saturated carbocycles. The minimum Gasteiger partial charge on any atom is -0.503 e. The third-order valence-electron chi connectivity index (χ3n) is 5.95. The molecule has 0 saturated heterocycles. The minimum atomic E-state index is -0.744. The minimum absolute atomic E-state index is 0.0715. The van der Waals surface area contributed by atoms with E-state index < -0.39 is 17.7 Å². The molecule has 0 fully saturated rings. The topological polar surface area (TPSA) is 92.6 Å². The number of nitrogens with zero attached hydrogens (tertiary/aromatic N) is 3. The normalized spacial score (nSPS) is 15.7. The summed E-state index contributed by atoms with van der Waals surface area (Å²) in [6.45, 7) is 6.57. The zero-order valence-corrected chi connectivity index (χ0v) is 21.0. The maximum absolute atomic E-state index is 13.6. The number of unbranched alkanes of at least 4 members (excludes halogenated alkanes) is 2. The number of aliphatic hydroxyl groups is 1. The van der Waals surface area contributed by atoms with Crippen LogP contribution >= 0.6 is 11.3 Å². The van der Waals surface area contributed by atoms with E-state index in [9.17, 15) is 14.7 Å². The van der Waals surface area contributed by atoms with E-state index in [1.165, 1.54) is 16.2 Å². The van der Waals surface area contributed by atoms with E-state index in [0.717, 1.165) is 41.1 Å². The molecule has 1 unspecified atom stereocenters. The van der Waals surface area contributed by atoms with Crippen molar-refractivity contribution in [2.24, 2.45) is 0 Å². The highest BCUT2D eigenvalue weighted by molar-refractivity contribution is 7.14. The zero-order chi connectivity index (χ0) is 24.9. The van der Waals surface area contributed by atoms with Crippen molar-refractivity contribution >= 4 is 23.0 Å². The molecule has 2 aromatic heterocycles. The van der Waals surface area contributed by atoms with Gasteiger partial charge >= 0.3 is 0 Å². The van der Waals surface area contributed by atoms with E-state index in [1.54, 1.807) is 25.4 Å². The Bertz CT molecular complexity index is 1240. The average Bonchev–Trinajstić information content (AvgIpc) is 3.33. The standard InChI is InChI=1S/C27H29N3O4S/c1-4-5-6-14-34-21-11-9-20(10-12-21)23-22(24(31)26-17(2)29-18(3)35-26)25(32)27(33)30(23)16-19-8-7-13-28-15-19/h7-13,15,23,32H,4-6,14,16H2,1-3H3. The molecule has 0 radical (unpaired) electrons. The van der Waals surface area contributed by atoms with Crippen LogP contribution < -0.4 is 4.74 Å². The van der Waals surface area contributed by atoms with Crippen LogP contribution in [0.3, 0.4) is 0 Å². The number of Topliss-reactive ketones (excluding diaryl/α,β-unsaturated/α-hetero) is 1. The molecular formula is C27H29N3O4S. The molecular weight excluding hydrogens is 462 g/mol. The van der Waals surface area contributed by atoms with Crippen LogP contribution in [0.1, 0.15) is 63.7 Å². The SMILES string of the molecule is CCCCCOc1ccc(C2C(C(=O)c3sc(C)nc3C)=C(O)C(=O)N2Cc2cccnc2)cc1. The predicted molar refractivity (Wildman–Crippen MR) is 135 cm³/mol. The summed E-state index contributed by atoms with van der Waals surface area (Å²) in [5.41, 5.74) is 2.18. The number of amides is 1. The van der Waals surface area contributed by atoms with Crippen molar-refractivity contribution in [2.75, 3.05) is 6.61 Å². The Kier molecular flexibility index (Phi) is 7.60. The second-order valence-corrected chi connectivity index (χ2v) is 9.76. The average molecular weight is 492 g/mol.